The van der Waals surface area contributed by atoms with E-state index < -0.39 is 5.92 Å². The van der Waals surface area contributed by atoms with Crippen LogP contribution in [0.5, 0.6) is 0 Å². The Kier molecular flexibility index (Phi) is 4.71. The average molecular weight is 226 g/mol. The molecule has 3 unspecified atom stereocenters. The largest absolute Gasteiger partial charge is 0.394 e. The standard InChI is InChI=1S/C11H18N2O3/c1-3-9(4-12)11(15)13-5-8(2)16-10(6-13)7-14/h8-10,14H,3,5-7H2,1-2H3. The van der Waals surface area contributed by atoms with Crippen molar-refractivity contribution in [2.45, 2.75) is 32.5 Å². The van der Waals surface area contributed by atoms with E-state index in [1.54, 1.807) is 4.90 Å². The topological polar surface area (TPSA) is 73.6 Å². The molecule has 5 nitrogen and oxygen atoms in total. The molecule has 1 N–H and O–H groups in total. The van der Waals surface area contributed by atoms with E-state index in [1.807, 2.05) is 19.9 Å². The van der Waals surface area contributed by atoms with E-state index >= 15 is 0 Å². The number of nitrogens with zero attached hydrogens (tertiary/aromatic N) is 2. The highest BCUT2D eigenvalue weighted by Crippen LogP contribution is 2.15. The van der Waals surface area contributed by atoms with Gasteiger partial charge in [-0.2, -0.15) is 5.26 Å². The molecule has 1 aliphatic heterocycles. The number of hydrogen-bond donors (Lipinski definition) is 1. The van der Waals surface area contributed by atoms with Crippen molar-refractivity contribution in [3.63, 3.8) is 0 Å². The molecule has 0 aromatic carbocycles. The third-order valence-corrected chi connectivity index (χ3v) is 2.70. The lowest BCUT2D eigenvalue weighted by molar-refractivity contribution is -0.149. The number of nitriles is 1. The minimum Gasteiger partial charge on any atom is -0.394 e. The molecule has 0 aromatic heterocycles. The second-order valence-corrected chi connectivity index (χ2v) is 4.08. The Bertz CT molecular complexity index is 287. The number of ether oxygens (including phenoxy) is 1. The molecule has 0 radical (unpaired) electrons. The normalized spacial score (nSPS) is 27.2. The van der Waals surface area contributed by atoms with Crippen LogP contribution in [-0.2, 0) is 9.53 Å². The van der Waals surface area contributed by atoms with Gasteiger partial charge in [0.15, 0.2) is 0 Å². The highest BCUT2D eigenvalue weighted by Gasteiger charge is 2.31. The van der Waals surface area contributed by atoms with Crippen LogP contribution in [0.3, 0.4) is 0 Å². The summed E-state index contributed by atoms with van der Waals surface area (Å²) in [6, 6.07) is 2.00. The van der Waals surface area contributed by atoms with Gasteiger partial charge in [-0.1, -0.05) is 6.92 Å². The summed E-state index contributed by atoms with van der Waals surface area (Å²) < 4.78 is 5.44. The van der Waals surface area contributed by atoms with Crippen molar-refractivity contribution in [3.05, 3.63) is 0 Å². The van der Waals surface area contributed by atoms with Gasteiger partial charge in [0.05, 0.1) is 24.9 Å². The Morgan fingerprint density at radius 1 is 1.69 bits per heavy atom. The van der Waals surface area contributed by atoms with Crippen LogP contribution in [-0.4, -0.2) is 47.8 Å². The molecule has 3 atom stereocenters. The summed E-state index contributed by atoms with van der Waals surface area (Å²) in [5.41, 5.74) is 0. The van der Waals surface area contributed by atoms with Crippen LogP contribution in [0.25, 0.3) is 0 Å². The molecule has 1 rings (SSSR count). The highest BCUT2D eigenvalue weighted by molar-refractivity contribution is 5.81. The monoisotopic (exact) mass is 226 g/mol. The Morgan fingerprint density at radius 2 is 2.38 bits per heavy atom. The number of rotatable bonds is 3. The van der Waals surface area contributed by atoms with Crippen LogP contribution in [0.2, 0.25) is 0 Å². The summed E-state index contributed by atoms with van der Waals surface area (Å²) in [5.74, 6) is -0.733. The molecule has 0 bridgehead atoms. The fraction of sp³-hybridized carbons (Fsp3) is 0.818. The van der Waals surface area contributed by atoms with Gasteiger partial charge in [0.2, 0.25) is 5.91 Å². The second-order valence-electron chi connectivity index (χ2n) is 4.08. The van der Waals surface area contributed by atoms with Crippen molar-refractivity contribution < 1.29 is 14.6 Å². The van der Waals surface area contributed by atoms with Crippen LogP contribution >= 0.6 is 0 Å². The van der Waals surface area contributed by atoms with E-state index in [0.717, 1.165) is 0 Å². The molecule has 0 spiro atoms. The maximum absolute atomic E-state index is 11.9. The third-order valence-electron chi connectivity index (χ3n) is 2.70. The quantitative estimate of drug-likeness (QED) is 0.743. The van der Waals surface area contributed by atoms with E-state index in [-0.39, 0.29) is 24.7 Å². The predicted molar refractivity (Wildman–Crippen MR) is 57.4 cm³/mol. The lowest BCUT2D eigenvalue weighted by Crippen LogP contribution is -2.51. The second kappa shape index (κ2) is 5.83. The Balaban J connectivity index is 2.65. The predicted octanol–water partition coefficient (Wildman–Crippen LogP) is 0.144. The van der Waals surface area contributed by atoms with Crippen molar-refractivity contribution >= 4 is 5.91 Å². The first-order valence-corrected chi connectivity index (χ1v) is 5.57. The molecule has 0 aromatic rings. The third kappa shape index (κ3) is 2.94. The number of aliphatic hydroxyl groups is 1. The number of carbonyl (C=O) groups excluding carboxylic acids is 1. The molecule has 1 amide bonds. The van der Waals surface area contributed by atoms with Gasteiger partial charge in [0, 0.05) is 13.1 Å². The van der Waals surface area contributed by atoms with Gasteiger partial charge in [-0.15, -0.1) is 0 Å². The minimum absolute atomic E-state index is 0.0916. The molecule has 90 valence electrons. The van der Waals surface area contributed by atoms with Gasteiger partial charge in [-0.25, -0.2) is 0 Å². The van der Waals surface area contributed by atoms with Crippen molar-refractivity contribution in [3.8, 4) is 6.07 Å². The zero-order valence-corrected chi connectivity index (χ0v) is 9.72. The first kappa shape index (κ1) is 12.9. The van der Waals surface area contributed by atoms with Crippen molar-refractivity contribution in [2.24, 2.45) is 5.92 Å². The van der Waals surface area contributed by atoms with Gasteiger partial charge in [-0.3, -0.25) is 4.79 Å². The minimum atomic E-state index is -0.579. The molecular weight excluding hydrogens is 208 g/mol. The van der Waals surface area contributed by atoms with Gasteiger partial charge >= 0.3 is 0 Å². The van der Waals surface area contributed by atoms with E-state index in [1.165, 1.54) is 0 Å². The van der Waals surface area contributed by atoms with E-state index in [9.17, 15) is 4.79 Å². The SMILES string of the molecule is CCC(C#N)C(=O)N1CC(C)OC(CO)C1. The Labute approximate surface area is 95.6 Å². The molecule has 5 heteroatoms. The molecule has 1 aliphatic rings. The first-order valence-electron chi connectivity index (χ1n) is 5.57. The maximum atomic E-state index is 11.9. The lowest BCUT2D eigenvalue weighted by atomic mass is 10.1. The fourth-order valence-corrected chi connectivity index (χ4v) is 1.87. The van der Waals surface area contributed by atoms with Crippen molar-refractivity contribution in [1.82, 2.24) is 4.90 Å². The average Bonchev–Trinajstić information content (AvgIpc) is 2.29. The molecular formula is C11H18N2O3. The summed E-state index contributed by atoms with van der Waals surface area (Å²) in [6.07, 6.45) is 0.0974. The Morgan fingerprint density at radius 3 is 2.88 bits per heavy atom. The number of carbonyl (C=O) groups is 1. The molecule has 1 heterocycles. The molecule has 16 heavy (non-hydrogen) atoms. The van der Waals surface area contributed by atoms with E-state index in [2.05, 4.69) is 0 Å². The zero-order chi connectivity index (χ0) is 12.1. The zero-order valence-electron chi connectivity index (χ0n) is 9.72. The summed E-state index contributed by atoms with van der Waals surface area (Å²) in [7, 11) is 0. The summed E-state index contributed by atoms with van der Waals surface area (Å²) in [5, 5.41) is 17.9. The van der Waals surface area contributed by atoms with Gasteiger partial charge in [-0.05, 0) is 13.3 Å². The van der Waals surface area contributed by atoms with Crippen LogP contribution in [0.4, 0.5) is 0 Å². The number of aliphatic hydroxyl groups excluding tert-OH is 1. The smallest absolute Gasteiger partial charge is 0.240 e. The number of amides is 1. The van der Waals surface area contributed by atoms with Crippen molar-refractivity contribution in [2.75, 3.05) is 19.7 Å². The molecule has 0 saturated carbocycles. The summed E-state index contributed by atoms with van der Waals surface area (Å²) in [6.45, 7) is 4.44. The summed E-state index contributed by atoms with van der Waals surface area (Å²) >= 11 is 0. The van der Waals surface area contributed by atoms with Crippen LogP contribution in [0.15, 0.2) is 0 Å². The Hall–Kier alpha value is -1.12. The molecule has 0 aliphatic carbocycles. The van der Waals surface area contributed by atoms with Gasteiger partial charge < -0.3 is 14.7 Å². The van der Waals surface area contributed by atoms with E-state index in [0.29, 0.717) is 19.5 Å². The van der Waals surface area contributed by atoms with Crippen LogP contribution in [0, 0.1) is 17.2 Å². The first-order chi connectivity index (χ1) is 7.62. The molecule has 1 saturated heterocycles. The lowest BCUT2D eigenvalue weighted by Gasteiger charge is -2.36. The maximum Gasteiger partial charge on any atom is 0.240 e. The van der Waals surface area contributed by atoms with Crippen LogP contribution < -0.4 is 0 Å². The van der Waals surface area contributed by atoms with Crippen LogP contribution in [0.1, 0.15) is 20.3 Å². The fourth-order valence-electron chi connectivity index (χ4n) is 1.87. The van der Waals surface area contributed by atoms with Gasteiger partial charge in [0.25, 0.3) is 0 Å². The van der Waals surface area contributed by atoms with Crippen molar-refractivity contribution in [1.29, 1.82) is 5.26 Å². The highest BCUT2D eigenvalue weighted by atomic mass is 16.5. The van der Waals surface area contributed by atoms with E-state index in [4.69, 9.17) is 15.1 Å². The number of hydrogen-bond acceptors (Lipinski definition) is 4. The molecule has 1 fully saturated rings. The number of morpholine rings is 1. The van der Waals surface area contributed by atoms with Gasteiger partial charge in [0.1, 0.15) is 5.92 Å². The summed E-state index contributed by atoms with van der Waals surface area (Å²) in [4.78, 5) is 13.6.